The summed E-state index contributed by atoms with van der Waals surface area (Å²) in [6.45, 7) is 9.05. The van der Waals surface area contributed by atoms with Gasteiger partial charge < -0.3 is 0 Å². The van der Waals surface area contributed by atoms with E-state index in [-0.39, 0.29) is 7.25 Å². The molecule has 1 heterocycles. The third-order valence-electron chi connectivity index (χ3n) is 14.8. The molecule has 8 aromatic carbocycles. The molecule has 8 aromatic rings. The van der Waals surface area contributed by atoms with Gasteiger partial charge in [-0.2, -0.15) is 0 Å². The van der Waals surface area contributed by atoms with Crippen molar-refractivity contribution in [2.75, 3.05) is 0 Å². The Kier molecular flexibility index (Phi) is 10.5. The second-order valence-electron chi connectivity index (χ2n) is 18.2. The SMILES string of the molecule is CCc1ccc2c(c1-c1ccccc1C)C=C(c1ccccc1)[CH]2[Zr]([Cl])([Cl])([c]1cccc2c1[SiH2]c1ccccc1-2)[CH]1C(c2ccccc2)=Cc2c1ccc(CC)c2-c1ccccc1C. The van der Waals surface area contributed by atoms with Gasteiger partial charge in [-0.15, -0.1) is 0 Å². The molecule has 313 valence electrons. The molecule has 2 atom stereocenters. The predicted octanol–water partition coefficient (Wildman–Crippen LogP) is 14.1. The van der Waals surface area contributed by atoms with E-state index in [4.69, 9.17) is 0 Å². The van der Waals surface area contributed by atoms with Crippen molar-refractivity contribution in [1.82, 2.24) is 0 Å². The van der Waals surface area contributed by atoms with Gasteiger partial charge in [0.15, 0.2) is 0 Å². The second kappa shape index (κ2) is 16.1. The van der Waals surface area contributed by atoms with E-state index in [0.717, 1.165) is 12.8 Å². The van der Waals surface area contributed by atoms with Crippen molar-refractivity contribution >= 4 is 63.5 Å². The van der Waals surface area contributed by atoms with Crippen LogP contribution in [0.1, 0.15) is 76.7 Å². The molecule has 0 spiro atoms. The molecule has 3 aliphatic rings. The van der Waals surface area contributed by atoms with Crippen LogP contribution in [0.5, 0.6) is 0 Å². The molecule has 0 radical (unpaired) electrons. The van der Waals surface area contributed by atoms with Crippen molar-refractivity contribution < 1.29 is 16.4 Å². The Balaban J connectivity index is 1.30. The Morgan fingerprint density at radius 3 is 1.38 bits per heavy atom. The van der Waals surface area contributed by atoms with Gasteiger partial charge >= 0.3 is 393 Å². The minimum absolute atomic E-state index is 0.268. The van der Waals surface area contributed by atoms with Crippen LogP contribution in [0.3, 0.4) is 0 Å². The number of aryl methyl sites for hydroxylation is 4. The third-order valence-corrected chi connectivity index (χ3v) is 37.3. The molecule has 0 amide bonds. The number of fused-ring (bicyclic) bond motifs is 5. The molecule has 2 unspecified atom stereocenters. The average Bonchev–Trinajstić information content (AvgIpc) is 4.05. The Morgan fingerprint density at radius 2 is 0.891 bits per heavy atom. The van der Waals surface area contributed by atoms with Crippen LogP contribution in [0.4, 0.5) is 0 Å². The van der Waals surface area contributed by atoms with Gasteiger partial charge in [0.2, 0.25) is 0 Å². The predicted molar refractivity (Wildman–Crippen MR) is 277 cm³/mol. The van der Waals surface area contributed by atoms with Crippen LogP contribution in [0.15, 0.2) is 176 Å². The van der Waals surface area contributed by atoms with E-state index < -0.39 is 25.9 Å². The molecule has 11 rings (SSSR count). The molecule has 1 aliphatic heterocycles. The molecule has 0 aromatic heterocycles. The van der Waals surface area contributed by atoms with E-state index in [9.17, 15) is 17.0 Å². The zero-order valence-corrected chi connectivity index (χ0v) is 42.3. The topological polar surface area (TPSA) is 0 Å². The van der Waals surface area contributed by atoms with Crippen molar-refractivity contribution in [3.05, 3.63) is 232 Å². The van der Waals surface area contributed by atoms with Crippen LogP contribution in [-0.2, 0) is 29.2 Å². The Morgan fingerprint density at radius 1 is 0.453 bits per heavy atom. The number of benzene rings is 8. The Bertz CT molecular complexity index is 3070. The van der Waals surface area contributed by atoms with E-state index in [1.165, 1.54) is 114 Å². The van der Waals surface area contributed by atoms with Crippen molar-refractivity contribution in [1.29, 1.82) is 0 Å². The molecule has 0 saturated carbocycles. The quantitative estimate of drug-likeness (QED) is 0.126. The first kappa shape index (κ1) is 41.6. The molecule has 0 fully saturated rings. The van der Waals surface area contributed by atoms with Gasteiger partial charge in [0, 0.05) is 0 Å². The molecule has 4 heteroatoms. The van der Waals surface area contributed by atoms with Crippen LogP contribution in [0.25, 0.3) is 56.7 Å². The number of halogens is 2. The van der Waals surface area contributed by atoms with Gasteiger partial charge in [-0.05, 0) is 0 Å². The van der Waals surface area contributed by atoms with Gasteiger partial charge in [0.05, 0.1) is 0 Å². The maximum atomic E-state index is 9.63. The van der Waals surface area contributed by atoms with Gasteiger partial charge in [0.1, 0.15) is 0 Å². The fourth-order valence-corrected chi connectivity index (χ4v) is 38.9. The van der Waals surface area contributed by atoms with Crippen LogP contribution < -0.4 is 13.6 Å². The van der Waals surface area contributed by atoms with Crippen LogP contribution in [-0.4, -0.2) is 9.52 Å². The summed E-state index contributed by atoms with van der Waals surface area (Å²) >= 11 is -5.98. The first-order valence-electron chi connectivity index (χ1n) is 23.0. The Hall–Kier alpha value is -5.08. The molecule has 2 aliphatic carbocycles. The summed E-state index contributed by atoms with van der Waals surface area (Å²) in [7, 11) is 18.3. The van der Waals surface area contributed by atoms with E-state index in [0.29, 0.717) is 0 Å². The summed E-state index contributed by atoms with van der Waals surface area (Å²) in [5.41, 5.74) is 22.9. The zero-order valence-electron chi connectivity index (χ0n) is 36.9. The summed E-state index contributed by atoms with van der Waals surface area (Å²) in [6, 6.07) is 65.5. The summed E-state index contributed by atoms with van der Waals surface area (Å²) < 4.78 is 0.699. The summed E-state index contributed by atoms with van der Waals surface area (Å²) in [5.74, 6) is 0. The monoisotopic (exact) mass is 959 g/mol. The van der Waals surface area contributed by atoms with Gasteiger partial charge in [-0.25, -0.2) is 0 Å². The van der Waals surface area contributed by atoms with Crippen LogP contribution >= 0.6 is 17.0 Å². The second-order valence-corrected chi connectivity index (χ2v) is 40.6. The molecule has 0 N–H and O–H groups in total. The average molecular weight is 962 g/mol. The summed E-state index contributed by atoms with van der Waals surface area (Å²) in [4.78, 5) is 0. The number of hydrogen-bond donors (Lipinski definition) is 0. The van der Waals surface area contributed by atoms with Gasteiger partial charge in [0.25, 0.3) is 0 Å². The van der Waals surface area contributed by atoms with Crippen molar-refractivity contribution in [2.45, 2.75) is 47.8 Å². The van der Waals surface area contributed by atoms with Crippen molar-refractivity contribution in [3.63, 3.8) is 0 Å². The van der Waals surface area contributed by atoms with E-state index in [1.54, 1.807) is 0 Å². The Labute approximate surface area is 389 Å². The first-order valence-corrected chi connectivity index (χ1v) is 34.8. The minimum atomic E-state index is -5.98. The molecule has 64 heavy (non-hydrogen) atoms. The molecule has 0 saturated heterocycles. The van der Waals surface area contributed by atoms with E-state index >= 15 is 0 Å². The number of rotatable bonds is 9. The summed E-state index contributed by atoms with van der Waals surface area (Å²) in [5, 5.41) is 2.89. The fraction of sp³-hybridized carbons (Fsp3) is 0.133. The van der Waals surface area contributed by atoms with Gasteiger partial charge in [-0.1, -0.05) is 0 Å². The molecule has 0 bridgehead atoms. The summed E-state index contributed by atoms with van der Waals surface area (Å²) in [6.07, 6.45) is 6.85. The van der Waals surface area contributed by atoms with Crippen LogP contribution in [0, 0.1) is 13.8 Å². The molecular weight excluding hydrogens is 911 g/mol. The van der Waals surface area contributed by atoms with Crippen molar-refractivity contribution in [2.24, 2.45) is 0 Å². The van der Waals surface area contributed by atoms with Crippen LogP contribution in [0.2, 0.25) is 0 Å². The first-order chi connectivity index (χ1) is 31.2. The van der Waals surface area contributed by atoms with Crippen molar-refractivity contribution in [3.8, 4) is 33.4 Å². The zero-order chi connectivity index (χ0) is 43.8. The number of hydrogen-bond acceptors (Lipinski definition) is 0. The molecule has 0 nitrogen and oxygen atoms in total. The van der Waals surface area contributed by atoms with E-state index in [2.05, 4.69) is 216 Å². The normalized spacial score (nSPS) is 16.9. The fourth-order valence-electron chi connectivity index (χ4n) is 11.9. The van der Waals surface area contributed by atoms with E-state index in [1.807, 2.05) is 0 Å². The standard InChI is InChI=1S/2C24H21.C12H9Si.2ClH.Zr/c2*1-3-18-13-14-20-15-21(19-10-5-4-6-11-19)16-23(20)24(18)22-12-8-7-9-17(22)2;1-3-7-11-9(5-1)10-6-2-4-8-12(10)13-11;;;/h2*4-16H,3H2,1-2H3;1-7H,13H2;2*1H;/q;;;;;+2/p-2. The van der Waals surface area contributed by atoms with Gasteiger partial charge in [-0.3, -0.25) is 0 Å². The number of allylic oxidation sites excluding steroid dienone is 2. The third kappa shape index (κ3) is 6.31. The maximum absolute atomic E-state index is 9.63. The molecular formula is C60H51Cl2SiZr.